The van der Waals surface area contributed by atoms with Crippen molar-refractivity contribution in [3.63, 3.8) is 0 Å². The van der Waals surface area contributed by atoms with Gasteiger partial charge in [-0.15, -0.1) is 0 Å². The minimum absolute atomic E-state index is 0.106. The van der Waals surface area contributed by atoms with Crippen LogP contribution in [0.15, 0.2) is 16.7 Å². The van der Waals surface area contributed by atoms with E-state index < -0.39 is 5.97 Å². The topological polar surface area (TPSA) is 82.5 Å². The van der Waals surface area contributed by atoms with Crippen LogP contribution in [0.1, 0.15) is 16.8 Å². The van der Waals surface area contributed by atoms with Crippen LogP contribution in [0, 0.1) is 11.8 Å². The number of pyridine rings is 1. The predicted octanol–water partition coefficient (Wildman–Crippen LogP) is 1.34. The SMILES string of the molecule is O=C(O)c1cc(Br)cnc1NCCC#CCO. The van der Waals surface area contributed by atoms with E-state index in [1.165, 1.54) is 12.3 Å². The molecule has 0 unspecified atom stereocenters. The third-order valence-corrected chi connectivity index (χ3v) is 2.26. The molecule has 90 valence electrons. The summed E-state index contributed by atoms with van der Waals surface area (Å²) in [5, 5.41) is 20.3. The van der Waals surface area contributed by atoms with Crippen molar-refractivity contribution < 1.29 is 15.0 Å². The summed E-state index contributed by atoms with van der Waals surface area (Å²) in [5.74, 6) is 4.49. The average molecular weight is 299 g/mol. The molecule has 1 heterocycles. The van der Waals surface area contributed by atoms with Crippen LogP contribution in [0.3, 0.4) is 0 Å². The molecule has 0 radical (unpaired) electrons. The summed E-state index contributed by atoms with van der Waals surface area (Å²) in [7, 11) is 0. The monoisotopic (exact) mass is 298 g/mol. The number of carboxylic acids is 1. The molecule has 0 aliphatic heterocycles. The molecule has 0 aromatic carbocycles. The maximum Gasteiger partial charge on any atom is 0.339 e. The molecule has 5 nitrogen and oxygen atoms in total. The number of hydrogen-bond acceptors (Lipinski definition) is 4. The number of aromatic carboxylic acids is 1. The number of halogens is 1. The van der Waals surface area contributed by atoms with Crippen molar-refractivity contribution in [1.82, 2.24) is 4.98 Å². The lowest BCUT2D eigenvalue weighted by Gasteiger charge is -2.06. The third kappa shape index (κ3) is 4.43. The number of aliphatic hydroxyl groups is 1. The van der Waals surface area contributed by atoms with E-state index in [-0.39, 0.29) is 12.2 Å². The lowest BCUT2D eigenvalue weighted by Crippen LogP contribution is -2.09. The molecule has 0 spiro atoms. The van der Waals surface area contributed by atoms with Gasteiger partial charge in [0.2, 0.25) is 0 Å². The van der Waals surface area contributed by atoms with Crippen LogP contribution in [0.25, 0.3) is 0 Å². The number of carbonyl (C=O) groups is 1. The minimum atomic E-state index is -1.04. The van der Waals surface area contributed by atoms with Crippen LogP contribution >= 0.6 is 15.9 Å². The predicted molar refractivity (Wildman–Crippen MR) is 66.9 cm³/mol. The maximum absolute atomic E-state index is 10.9. The normalized spacial score (nSPS) is 9.29. The minimum Gasteiger partial charge on any atom is -0.478 e. The van der Waals surface area contributed by atoms with Crippen LogP contribution in [-0.4, -0.2) is 34.3 Å². The van der Waals surface area contributed by atoms with Gasteiger partial charge in [-0.25, -0.2) is 9.78 Å². The van der Waals surface area contributed by atoms with E-state index >= 15 is 0 Å². The first-order valence-corrected chi connectivity index (χ1v) is 5.63. The molecule has 17 heavy (non-hydrogen) atoms. The number of rotatable bonds is 4. The first kappa shape index (κ1) is 13.5. The molecule has 1 aromatic rings. The number of aromatic nitrogens is 1. The number of anilines is 1. The van der Waals surface area contributed by atoms with E-state index in [0.29, 0.717) is 23.3 Å². The second-order valence-electron chi connectivity index (χ2n) is 3.04. The molecule has 0 bridgehead atoms. The molecule has 3 N–H and O–H groups in total. The highest BCUT2D eigenvalue weighted by atomic mass is 79.9. The molecule has 0 saturated heterocycles. The van der Waals surface area contributed by atoms with Gasteiger partial charge in [-0.1, -0.05) is 11.8 Å². The van der Waals surface area contributed by atoms with Gasteiger partial charge in [0.25, 0.3) is 0 Å². The molecular formula is C11H11BrN2O3. The Kier molecular flexibility index (Phi) is 5.46. The molecule has 0 atom stereocenters. The summed E-state index contributed by atoms with van der Waals surface area (Å²) in [5.41, 5.74) is 0.106. The Morgan fingerprint density at radius 2 is 2.29 bits per heavy atom. The molecule has 6 heteroatoms. The van der Waals surface area contributed by atoms with Crippen molar-refractivity contribution >= 4 is 27.7 Å². The molecule has 0 amide bonds. The lowest BCUT2D eigenvalue weighted by molar-refractivity contribution is 0.0697. The molecule has 1 rings (SSSR count). The first-order valence-electron chi connectivity index (χ1n) is 4.84. The van der Waals surface area contributed by atoms with Crippen molar-refractivity contribution in [2.24, 2.45) is 0 Å². The largest absolute Gasteiger partial charge is 0.478 e. The van der Waals surface area contributed by atoms with Gasteiger partial charge in [-0.3, -0.25) is 0 Å². The summed E-state index contributed by atoms with van der Waals surface area (Å²) in [6.45, 7) is 0.304. The molecule has 0 fully saturated rings. The van der Waals surface area contributed by atoms with E-state index in [1.54, 1.807) is 0 Å². The van der Waals surface area contributed by atoms with Gasteiger partial charge in [0, 0.05) is 23.6 Å². The van der Waals surface area contributed by atoms with E-state index in [4.69, 9.17) is 10.2 Å². The lowest BCUT2D eigenvalue weighted by atomic mass is 10.2. The molecular weight excluding hydrogens is 288 g/mol. The number of nitrogens with zero attached hydrogens (tertiary/aromatic N) is 1. The number of hydrogen-bond donors (Lipinski definition) is 3. The fourth-order valence-electron chi connectivity index (χ4n) is 1.13. The van der Waals surface area contributed by atoms with Gasteiger partial charge in [-0.2, -0.15) is 0 Å². The second-order valence-corrected chi connectivity index (χ2v) is 3.96. The van der Waals surface area contributed by atoms with Gasteiger partial charge in [0.1, 0.15) is 18.0 Å². The Morgan fingerprint density at radius 3 is 2.94 bits per heavy atom. The Labute approximate surface area is 107 Å². The standard InChI is InChI=1S/C11H11BrN2O3/c12-8-6-9(11(16)17)10(14-7-8)13-4-2-1-3-5-15/h6-7,15H,2,4-5H2,(H,13,14)(H,16,17). The summed E-state index contributed by atoms with van der Waals surface area (Å²) >= 11 is 3.16. The van der Waals surface area contributed by atoms with Crippen molar-refractivity contribution in [2.45, 2.75) is 6.42 Å². The number of carboxylic acid groups (broad SMARTS) is 1. The van der Waals surface area contributed by atoms with E-state index in [9.17, 15) is 4.79 Å². The number of aliphatic hydroxyl groups excluding tert-OH is 1. The van der Waals surface area contributed by atoms with Gasteiger partial charge in [-0.05, 0) is 22.0 Å². The van der Waals surface area contributed by atoms with Crippen molar-refractivity contribution in [1.29, 1.82) is 0 Å². The second kappa shape index (κ2) is 6.89. The summed E-state index contributed by atoms with van der Waals surface area (Å²) in [4.78, 5) is 14.9. The van der Waals surface area contributed by atoms with E-state index in [0.717, 1.165) is 0 Å². The smallest absolute Gasteiger partial charge is 0.339 e. The summed E-state index contributed by atoms with van der Waals surface area (Å²) in [6, 6.07) is 1.48. The van der Waals surface area contributed by atoms with Crippen molar-refractivity contribution in [3.05, 3.63) is 22.3 Å². The van der Waals surface area contributed by atoms with Crippen LogP contribution in [0.2, 0.25) is 0 Å². The average Bonchev–Trinajstić information content (AvgIpc) is 2.30. The Balaban J connectivity index is 2.67. The summed E-state index contributed by atoms with van der Waals surface area (Å²) in [6.07, 6.45) is 2.03. The van der Waals surface area contributed by atoms with E-state index in [1.807, 2.05) is 0 Å². The van der Waals surface area contributed by atoms with Crippen molar-refractivity contribution in [3.8, 4) is 11.8 Å². The Morgan fingerprint density at radius 1 is 1.53 bits per heavy atom. The van der Waals surface area contributed by atoms with Crippen molar-refractivity contribution in [2.75, 3.05) is 18.5 Å². The molecule has 0 saturated carbocycles. The van der Waals surface area contributed by atoms with Gasteiger partial charge in [0.15, 0.2) is 0 Å². The zero-order chi connectivity index (χ0) is 12.7. The van der Waals surface area contributed by atoms with Gasteiger partial charge in [0.05, 0.1) is 0 Å². The fourth-order valence-corrected chi connectivity index (χ4v) is 1.46. The summed E-state index contributed by atoms with van der Waals surface area (Å²) < 4.78 is 0.612. The number of nitrogens with one attached hydrogen (secondary N) is 1. The zero-order valence-electron chi connectivity index (χ0n) is 8.90. The van der Waals surface area contributed by atoms with E-state index in [2.05, 4.69) is 38.1 Å². The highest BCUT2D eigenvalue weighted by molar-refractivity contribution is 9.10. The van der Waals surface area contributed by atoms with Crippen LogP contribution in [0.4, 0.5) is 5.82 Å². The van der Waals surface area contributed by atoms with Crippen LogP contribution in [-0.2, 0) is 0 Å². The first-order chi connectivity index (χ1) is 8.15. The third-order valence-electron chi connectivity index (χ3n) is 1.83. The molecule has 1 aromatic heterocycles. The maximum atomic E-state index is 10.9. The quantitative estimate of drug-likeness (QED) is 0.577. The highest BCUT2D eigenvalue weighted by Crippen LogP contribution is 2.17. The van der Waals surface area contributed by atoms with Gasteiger partial charge >= 0.3 is 5.97 Å². The highest BCUT2D eigenvalue weighted by Gasteiger charge is 2.11. The van der Waals surface area contributed by atoms with Gasteiger partial charge < -0.3 is 15.5 Å². The van der Waals surface area contributed by atoms with Crippen LogP contribution in [0.5, 0.6) is 0 Å². The fraction of sp³-hybridized carbons (Fsp3) is 0.273. The molecule has 0 aliphatic rings. The molecule has 0 aliphatic carbocycles. The zero-order valence-corrected chi connectivity index (χ0v) is 10.5. The Bertz CT molecular complexity index is 466. The van der Waals surface area contributed by atoms with Crippen LogP contribution < -0.4 is 5.32 Å². The Hall–Kier alpha value is -1.58.